The molecule has 0 aliphatic rings. The maximum atomic E-state index is 10.6. The molecule has 23 heavy (non-hydrogen) atoms. The van der Waals surface area contributed by atoms with Gasteiger partial charge in [0.2, 0.25) is 0 Å². The number of nitro groups is 1. The number of ether oxygens (including phenoxy) is 1. The SMILES string of the molecule is C#CCOc1c(Br)cc(CNc2ccc([N+](=O)[O-])cc2)cc1Br. The number of anilines is 1. The molecule has 7 heteroatoms. The van der Waals surface area contributed by atoms with Crippen LogP contribution in [0, 0.1) is 22.5 Å². The average Bonchev–Trinajstić information content (AvgIpc) is 2.52. The lowest BCUT2D eigenvalue weighted by molar-refractivity contribution is -0.384. The predicted molar refractivity (Wildman–Crippen MR) is 96.6 cm³/mol. The van der Waals surface area contributed by atoms with E-state index in [1.165, 1.54) is 12.1 Å². The Labute approximate surface area is 150 Å². The van der Waals surface area contributed by atoms with Gasteiger partial charge >= 0.3 is 0 Å². The number of rotatable bonds is 6. The molecule has 0 bridgehead atoms. The molecule has 2 aromatic carbocycles. The number of terminal acetylenes is 1. The van der Waals surface area contributed by atoms with E-state index in [-0.39, 0.29) is 12.3 Å². The van der Waals surface area contributed by atoms with Crippen molar-refractivity contribution in [2.24, 2.45) is 0 Å². The zero-order valence-electron chi connectivity index (χ0n) is 11.9. The van der Waals surface area contributed by atoms with E-state index in [0.29, 0.717) is 12.3 Å². The first-order valence-corrected chi connectivity index (χ1v) is 8.12. The molecule has 0 heterocycles. The zero-order chi connectivity index (χ0) is 16.8. The Kier molecular flexibility index (Phi) is 6.02. The summed E-state index contributed by atoms with van der Waals surface area (Å²) in [5.41, 5.74) is 1.88. The Hall–Kier alpha value is -2.04. The summed E-state index contributed by atoms with van der Waals surface area (Å²) in [5, 5.41) is 13.8. The lowest BCUT2D eigenvalue weighted by Crippen LogP contribution is -2.01. The minimum atomic E-state index is -0.424. The number of nitrogens with zero attached hydrogens (tertiary/aromatic N) is 1. The topological polar surface area (TPSA) is 64.4 Å². The van der Waals surface area contributed by atoms with Crippen molar-refractivity contribution in [3.63, 3.8) is 0 Å². The van der Waals surface area contributed by atoms with Crippen LogP contribution in [0.25, 0.3) is 0 Å². The molecule has 0 saturated carbocycles. The fourth-order valence-corrected chi connectivity index (χ4v) is 3.38. The molecule has 0 amide bonds. The van der Waals surface area contributed by atoms with Crippen molar-refractivity contribution in [1.29, 1.82) is 0 Å². The lowest BCUT2D eigenvalue weighted by atomic mass is 10.2. The summed E-state index contributed by atoms with van der Waals surface area (Å²) in [7, 11) is 0. The van der Waals surface area contributed by atoms with Gasteiger partial charge in [-0.15, -0.1) is 6.42 Å². The fraction of sp³-hybridized carbons (Fsp3) is 0.125. The second-order valence-corrected chi connectivity index (χ2v) is 6.25. The molecule has 2 rings (SSSR count). The maximum Gasteiger partial charge on any atom is 0.269 e. The molecule has 0 fully saturated rings. The molecule has 0 unspecified atom stereocenters. The number of nitrogens with one attached hydrogen (secondary N) is 1. The first-order valence-electron chi connectivity index (χ1n) is 6.53. The van der Waals surface area contributed by atoms with Crippen LogP contribution in [0.3, 0.4) is 0 Å². The van der Waals surface area contributed by atoms with Gasteiger partial charge in [0.1, 0.15) is 12.4 Å². The van der Waals surface area contributed by atoms with Crippen molar-refractivity contribution in [3.8, 4) is 18.1 Å². The predicted octanol–water partition coefficient (Wildman–Crippen LogP) is 4.74. The van der Waals surface area contributed by atoms with Gasteiger partial charge in [-0.05, 0) is 61.7 Å². The molecule has 0 radical (unpaired) electrons. The molecule has 0 aliphatic carbocycles. The number of hydrogen-bond acceptors (Lipinski definition) is 4. The second kappa shape index (κ2) is 7.99. The Morgan fingerprint density at radius 3 is 2.35 bits per heavy atom. The largest absolute Gasteiger partial charge is 0.479 e. The molecule has 2 aromatic rings. The molecule has 0 aliphatic heterocycles. The summed E-state index contributed by atoms with van der Waals surface area (Å²) in [5.74, 6) is 3.07. The second-order valence-electron chi connectivity index (χ2n) is 4.54. The number of benzene rings is 2. The highest BCUT2D eigenvalue weighted by atomic mass is 79.9. The highest BCUT2D eigenvalue weighted by Crippen LogP contribution is 2.35. The quantitative estimate of drug-likeness (QED) is 0.401. The van der Waals surface area contributed by atoms with Gasteiger partial charge in [0.25, 0.3) is 5.69 Å². The van der Waals surface area contributed by atoms with Crippen molar-refractivity contribution in [2.75, 3.05) is 11.9 Å². The van der Waals surface area contributed by atoms with Crippen molar-refractivity contribution < 1.29 is 9.66 Å². The zero-order valence-corrected chi connectivity index (χ0v) is 15.1. The molecule has 1 N–H and O–H groups in total. The Bertz CT molecular complexity index is 732. The molecular weight excluding hydrogens is 428 g/mol. The molecule has 5 nitrogen and oxygen atoms in total. The first kappa shape index (κ1) is 17.3. The van der Waals surface area contributed by atoms with E-state index in [1.54, 1.807) is 12.1 Å². The van der Waals surface area contributed by atoms with E-state index in [2.05, 4.69) is 43.1 Å². The number of nitro benzene ring substituents is 1. The first-order chi connectivity index (χ1) is 11.0. The monoisotopic (exact) mass is 438 g/mol. The summed E-state index contributed by atoms with van der Waals surface area (Å²) in [6.45, 7) is 0.752. The molecule has 0 atom stereocenters. The summed E-state index contributed by atoms with van der Waals surface area (Å²) in [6.07, 6.45) is 5.19. The number of hydrogen-bond donors (Lipinski definition) is 1. The van der Waals surface area contributed by atoms with Gasteiger partial charge < -0.3 is 10.1 Å². The average molecular weight is 440 g/mol. The third kappa shape index (κ3) is 4.71. The standard InChI is InChI=1S/C16H12Br2N2O3/c1-2-7-23-16-14(17)8-11(9-15(16)18)10-19-12-3-5-13(6-4-12)20(21)22/h1,3-6,8-9,19H,7,10H2. The van der Waals surface area contributed by atoms with Crippen molar-refractivity contribution in [3.05, 3.63) is 61.0 Å². The lowest BCUT2D eigenvalue weighted by Gasteiger charge is -2.12. The fourth-order valence-electron chi connectivity index (χ4n) is 1.87. The Morgan fingerprint density at radius 2 is 1.83 bits per heavy atom. The summed E-state index contributed by atoms with van der Waals surface area (Å²) >= 11 is 6.91. The highest BCUT2D eigenvalue weighted by molar-refractivity contribution is 9.11. The van der Waals surface area contributed by atoms with Gasteiger partial charge in [-0.1, -0.05) is 5.92 Å². The molecular formula is C16H12Br2N2O3. The summed E-state index contributed by atoms with van der Waals surface area (Å²) in [4.78, 5) is 10.2. The summed E-state index contributed by atoms with van der Waals surface area (Å²) < 4.78 is 7.04. The van der Waals surface area contributed by atoms with Gasteiger partial charge in [0.05, 0.1) is 13.9 Å². The third-order valence-corrected chi connectivity index (χ3v) is 4.11. The maximum absolute atomic E-state index is 10.6. The molecule has 0 saturated heterocycles. The van der Waals surface area contributed by atoms with Gasteiger partial charge in [-0.25, -0.2) is 0 Å². The van der Waals surface area contributed by atoms with Crippen LogP contribution in [0.2, 0.25) is 0 Å². The van der Waals surface area contributed by atoms with Crippen LogP contribution in [0.4, 0.5) is 11.4 Å². The van der Waals surface area contributed by atoms with E-state index in [0.717, 1.165) is 20.2 Å². The summed E-state index contributed by atoms with van der Waals surface area (Å²) in [6, 6.07) is 10.1. The normalized spacial score (nSPS) is 9.96. The van der Waals surface area contributed by atoms with Gasteiger partial charge in [0, 0.05) is 24.4 Å². The van der Waals surface area contributed by atoms with Crippen LogP contribution in [0.15, 0.2) is 45.3 Å². The van der Waals surface area contributed by atoms with Crippen molar-refractivity contribution >= 4 is 43.2 Å². The number of non-ortho nitro benzene ring substituents is 1. The van der Waals surface area contributed by atoms with Crippen molar-refractivity contribution in [1.82, 2.24) is 0 Å². The van der Waals surface area contributed by atoms with Crippen LogP contribution >= 0.6 is 31.9 Å². The van der Waals surface area contributed by atoms with Gasteiger partial charge in [-0.2, -0.15) is 0 Å². The van der Waals surface area contributed by atoms with Gasteiger partial charge in [0.15, 0.2) is 0 Å². The highest BCUT2D eigenvalue weighted by Gasteiger charge is 2.09. The van der Waals surface area contributed by atoms with Crippen LogP contribution in [0.5, 0.6) is 5.75 Å². The third-order valence-electron chi connectivity index (χ3n) is 2.93. The molecule has 0 aromatic heterocycles. The number of halogens is 2. The van der Waals surface area contributed by atoms with E-state index in [9.17, 15) is 10.1 Å². The van der Waals surface area contributed by atoms with Crippen molar-refractivity contribution in [2.45, 2.75) is 6.54 Å². The minimum Gasteiger partial charge on any atom is -0.479 e. The molecule has 118 valence electrons. The Balaban J connectivity index is 2.06. The van der Waals surface area contributed by atoms with Gasteiger partial charge in [-0.3, -0.25) is 10.1 Å². The van der Waals surface area contributed by atoms with Crippen LogP contribution in [-0.2, 0) is 6.54 Å². The van der Waals surface area contributed by atoms with Crippen LogP contribution < -0.4 is 10.1 Å². The Morgan fingerprint density at radius 1 is 1.22 bits per heavy atom. The minimum absolute atomic E-state index is 0.0658. The molecule has 0 spiro atoms. The van der Waals surface area contributed by atoms with E-state index in [4.69, 9.17) is 11.2 Å². The van der Waals surface area contributed by atoms with Crippen LogP contribution in [-0.4, -0.2) is 11.5 Å². The smallest absolute Gasteiger partial charge is 0.269 e. The van der Waals surface area contributed by atoms with E-state index in [1.807, 2.05) is 12.1 Å². The van der Waals surface area contributed by atoms with E-state index >= 15 is 0 Å². The van der Waals surface area contributed by atoms with Crippen LogP contribution in [0.1, 0.15) is 5.56 Å². The van der Waals surface area contributed by atoms with E-state index < -0.39 is 4.92 Å².